The molecule has 3 N–H and O–H groups in total. The molecule has 0 fully saturated rings. The molecule has 1 unspecified atom stereocenters. The maximum Gasteiger partial charge on any atom is 0.326 e. The van der Waals surface area contributed by atoms with Gasteiger partial charge in [0.05, 0.1) is 10.7 Å². The lowest BCUT2D eigenvalue weighted by Crippen LogP contribution is -2.46. The van der Waals surface area contributed by atoms with Crippen LogP contribution in [0.1, 0.15) is 13.8 Å². The molecule has 0 saturated heterocycles. The molecule has 0 aliphatic carbocycles. The second-order valence-corrected chi connectivity index (χ2v) is 5.61. The number of hydrogen-bond donors (Lipinski definition) is 3. The molecule has 5 nitrogen and oxygen atoms in total. The molecule has 0 aliphatic rings. The van der Waals surface area contributed by atoms with Gasteiger partial charge in [0.1, 0.15) is 6.04 Å². The maximum absolute atomic E-state index is 11.7. The fraction of sp³-hybridized carbons (Fsp3) is 0.333. The highest BCUT2D eigenvalue weighted by molar-refractivity contribution is 9.10. The Bertz CT molecular complexity index is 494. The normalized spacial score (nSPS) is 12.1. The van der Waals surface area contributed by atoms with Crippen LogP contribution in [-0.2, 0) is 4.79 Å². The smallest absolute Gasteiger partial charge is 0.326 e. The summed E-state index contributed by atoms with van der Waals surface area (Å²) in [6.07, 6.45) is 0. The summed E-state index contributed by atoms with van der Waals surface area (Å²) in [5.74, 6) is -1.30. The Morgan fingerprint density at radius 3 is 2.47 bits per heavy atom. The number of benzene rings is 1. The van der Waals surface area contributed by atoms with Crippen molar-refractivity contribution in [2.45, 2.75) is 19.9 Å². The van der Waals surface area contributed by atoms with Gasteiger partial charge < -0.3 is 15.7 Å². The van der Waals surface area contributed by atoms with Crippen molar-refractivity contribution < 1.29 is 14.7 Å². The molecule has 7 heteroatoms. The van der Waals surface area contributed by atoms with E-state index in [0.717, 1.165) is 4.47 Å². The minimum atomic E-state index is -1.08. The summed E-state index contributed by atoms with van der Waals surface area (Å²) in [4.78, 5) is 22.7. The number of hydrogen-bond acceptors (Lipinski definition) is 2. The van der Waals surface area contributed by atoms with Crippen molar-refractivity contribution in [3.63, 3.8) is 0 Å². The molecule has 0 radical (unpaired) electrons. The SMILES string of the molecule is CC(C)C(NC(=O)Nc1ccc(Br)cc1Cl)C(=O)O. The van der Waals surface area contributed by atoms with Crippen molar-refractivity contribution in [2.75, 3.05) is 5.32 Å². The average Bonchev–Trinajstić information content (AvgIpc) is 2.29. The van der Waals surface area contributed by atoms with Crippen LogP contribution in [0.5, 0.6) is 0 Å². The number of anilines is 1. The van der Waals surface area contributed by atoms with E-state index in [1.165, 1.54) is 0 Å². The van der Waals surface area contributed by atoms with Crippen LogP contribution < -0.4 is 10.6 Å². The van der Waals surface area contributed by atoms with Crippen LogP contribution in [0.15, 0.2) is 22.7 Å². The van der Waals surface area contributed by atoms with Gasteiger partial charge in [-0.3, -0.25) is 0 Å². The largest absolute Gasteiger partial charge is 0.480 e. The Morgan fingerprint density at radius 1 is 1.37 bits per heavy atom. The van der Waals surface area contributed by atoms with Crippen molar-refractivity contribution in [3.8, 4) is 0 Å². The van der Waals surface area contributed by atoms with Crippen LogP contribution in [-0.4, -0.2) is 23.1 Å². The molecule has 0 aliphatic heterocycles. The number of halogens is 2. The third-order valence-corrected chi connectivity index (χ3v) is 3.20. The molecule has 1 rings (SSSR count). The minimum Gasteiger partial charge on any atom is -0.480 e. The quantitative estimate of drug-likeness (QED) is 0.780. The van der Waals surface area contributed by atoms with Crippen molar-refractivity contribution in [1.82, 2.24) is 5.32 Å². The maximum atomic E-state index is 11.7. The third kappa shape index (κ3) is 4.72. The lowest BCUT2D eigenvalue weighted by molar-refractivity contribution is -0.140. The Hall–Kier alpha value is -1.27. The van der Waals surface area contributed by atoms with E-state index >= 15 is 0 Å². The van der Waals surface area contributed by atoms with Gasteiger partial charge in [-0.15, -0.1) is 0 Å². The molecule has 19 heavy (non-hydrogen) atoms. The van der Waals surface area contributed by atoms with Gasteiger partial charge in [-0.1, -0.05) is 41.4 Å². The summed E-state index contributed by atoms with van der Waals surface area (Å²) in [5.41, 5.74) is 0.412. The highest BCUT2D eigenvalue weighted by Gasteiger charge is 2.23. The van der Waals surface area contributed by atoms with E-state index in [2.05, 4.69) is 26.6 Å². The molecule has 0 heterocycles. The van der Waals surface area contributed by atoms with E-state index in [4.69, 9.17) is 16.7 Å². The average molecular weight is 350 g/mol. The van der Waals surface area contributed by atoms with E-state index in [9.17, 15) is 9.59 Å². The van der Waals surface area contributed by atoms with E-state index in [-0.39, 0.29) is 5.92 Å². The van der Waals surface area contributed by atoms with Gasteiger partial charge in [-0.25, -0.2) is 9.59 Å². The Balaban J connectivity index is 2.72. The summed E-state index contributed by atoms with van der Waals surface area (Å²) in [5, 5.41) is 14.2. The summed E-state index contributed by atoms with van der Waals surface area (Å²) in [7, 11) is 0. The first-order valence-corrected chi connectivity index (χ1v) is 6.73. The molecule has 0 aromatic heterocycles. The highest BCUT2D eigenvalue weighted by atomic mass is 79.9. The first-order chi connectivity index (χ1) is 8.81. The zero-order chi connectivity index (χ0) is 14.6. The molecule has 2 amide bonds. The van der Waals surface area contributed by atoms with E-state index in [0.29, 0.717) is 10.7 Å². The highest BCUT2D eigenvalue weighted by Crippen LogP contribution is 2.25. The number of aliphatic carboxylic acids is 1. The lowest BCUT2D eigenvalue weighted by atomic mass is 10.1. The first-order valence-electron chi connectivity index (χ1n) is 5.56. The number of amides is 2. The molecule has 0 saturated carbocycles. The van der Waals surface area contributed by atoms with Crippen molar-refractivity contribution in [1.29, 1.82) is 0 Å². The summed E-state index contributed by atoms with van der Waals surface area (Å²) < 4.78 is 0.786. The van der Waals surface area contributed by atoms with Gasteiger partial charge in [0.2, 0.25) is 0 Å². The molecular formula is C12H14BrClN2O3. The number of carbonyl (C=O) groups is 2. The van der Waals surface area contributed by atoms with Crippen molar-refractivity contribution in [2.24, 2.45) is 5.92 Å². The van der Waals surface area contributed by atoms with Crippen molar-refractivity contribution in [3.05, 3.63) is 27.7 Å². The van der Waals surface area contributed by atoms with Crippen LogP contribution in [0.2, 0.25) is 5.02 Å². The fourth-order valence-corrected chi connectivity index (χ4v) is 2.12. The zero-order valence-corrected chi connectivity index (χ0v) is 12.7. The van der Waals surface area contributed by atoms with E-state index in [1.54, 1.807) is 32.0 Å². The van der Waals surface area contributed by atoms with Crippen molar-refractivity contribution >= 4 is 45.2 Å². The zero-order valence-electron chi connectivity index (χ0n) is 10.4. The van der Waals surface area contributed by atoms with Gasteiger partial charge in [-0.05, 0) is 24.1 Å². The van der Waals surface area contributed by atoms with Gasteiger partial charge in [0.15, 0.2) is 0 Å². The van der Waals surface area contributed by atoms with Gasteiger partial charge >= 0.3 is 12.0 Å². The van der Waals surface area contributed by atoms with Gasteiger partial charge in [-0.2, -0.15) is 0 Å². The molecule has 1 aromatic rings. The Labute approximate surface area is 124 Å². The molecule has 104 valence electrons. The molecule has 0 spiro atoms. The molecular weight excluding hydrogens is 336 g/mol. The van der Waals surface area contributed by atoms with Gasteiger partial charge in [0.25, 0.3) is 0 Å². The number of carboxylic acids is 1. The second kappa shape index (κ2) is 6.77. The standard InChI is InChI=1S/C12H14BrClN2O3/c1-6(2)10(11(17)18)16-12(19)15-9-4-3-7(13)5-8(9)14/h3-6,10H,1-2H3,(H,17,18)(H2,15,16,19). The minimum absolute atomic E-state index is 0.219. The summed E-state index contributed by atoms with van der Waals surface area (Å²) >= 11 is 9.20. The third-order valence-electron chi connectivity index (χ3n) is 2.40. The predicted octanol–water partition coefficient (Wildman–Crippen LogP) is 3.33. The fourth-order valence-electron chi connectivity index (χ4n) is 1.40. The topological polar surface area (TPSA) is 78.4 Å². The van der Waals surface area contributed by atoms with Gasteiger partial charge in [0, 0.05) is 4.47 Å². The molecule has 1 atom stereocenters. The Morgan fingerprint density at radius 2 is 2.00 bits per heavy atom. The summed E-state index contributed by atoms with van der Waals surface area (Å²) in [6.45, 7) is 3.43. The van der Waals surface area contributed by atoms with E-state index < -0.39 is 18.0 Å². The van der Waals surface area contributed by atoms with Crippen LogP contribution in [0.4, 0.5) is 10.5 Å². The number of carboxylic acid groups (broad SMARTS) is 1. The molecule has 1 aromatic carbocycles. The lowest BCUT2D eigenvalue weighted by Gasteiger charge is -2.18. The monoisotopic (exact) mass is 348 g/mol. The van der Waals surface area contributed by atoms with Crippen LogP contribution in [0, 0.1) is 5.92 Å². The second-order valence-electron chi connectivity index (χ2n) is 4.28. The number of carbonyl (C=O) groups excluding carboxylic acids is 1. The predicted molar refractivity (Wildman–Crippen MR) is 77.6 cm³/mol. The summed E-state index contributed by atoms with van der Waals surface area (Å²) in [6, 6.07) is 3.42. The van der Waals surface area contributed by atoms with Crippen LogP contribution in [0.3, 0.4) is 0 Å². The van der Waals surface area contributed by atoms with Crippen LogP contribution in [0.25, 0.3) is 0 Å². The van der Waals surface area contributed by atoms with Crippen LogP contribution >= 0.6 is 27.5 Å². The number of rotatable bonds is 4. The number of urea groups is 1. The number of nitrogens with one attached hydrogen (secondary N) is 2. The molecule has 0 bridgehead atoms. The first kappa shape index (κ1) is 15.8. The Kier molecular flexibility index (Phi) is 5.62. The van der Waals surface area contributed by atoms with E-state index in [1.807, 2.05) is 0 Å².